The van der Waals surface area contributed by atoms with Crippen LogP contribution in [0.5, 0.6) is 0 Å². The van der Waals surface area contributed by atoms with Crippen molar-refractivity contribution in [3.05, 3.63) is 62.5 Å². The lowest BCUT2D eigenvalue weighted by Crippen LogP contribution is -2.52. The molecule has 11 heteroatoms. The molecule has 0 spiro atoms. The number of nitrogens with one attached hydrogen (secondary N) is 1. The maximum atomic E-state index is 13.5. The molecule has 0 bridgehead atoms. The molecule has 1 N–H and O–H groups in total. The molecule has 0 aromatic heterocycles. The quantitative estimate of drug-likeness (QED) is 0.476. The molecule has 0 heterocycles. The topological polar surface area (TPSA) is 86.8 Å². The summed E-state index contributed by atoms with van der Waals surface area (Å²) in [6, 6.07) is 10.6. The average molecular weight is 579 g/mol. The lowest BCUT2D eigenvalue weighted by Gasteiger charge is -2.32. The number of carbonyl (C=O) groups is 2. The van der Waals surface area contributed by atoms with E-state index in [1.807, 2.05) is 0 Å². The van der Waals surface area contributed by atoms with E-state index < -0.39 is 28.5 Å². The number of para-hydroxylation sites is 1. The van der Waals surface area contributed by atoms with Gasteiger partial charge in [0.1, 0.15) is 12.6 Å². The van der Waals surface area contributed by atoms with Gasteiger partial charge in [0.15, 0.2) is 0 Å². The Balaban J connectivity index is 2.47. The van der Waals surface area contributed by atoms with Gasteiger partial charge >= 0.3 is 0 Å². The van der Waals surface area contributed by atoms with Crippen LogP contribution in [-0.2, 0) is 26.2 Å². The molecule has 0 aliphatic carbocycles. The highest BCUT2D eigenvalue weighted by atomic mass is 79.9. The number of halogens is 3. The minimum Gasteiger partial charge on any atom is -0.352 e. The Labute approximate surface area is 213 Å². The number of rotatable bonds is 9. The first-order valence-electron chi connectivity index (χ1n) is 10.1. The number of carbonyl (C=O) groups excluding carboxylic acids is 2. The lowest BCUT2D eigenvalue weighted by molar-refractivity contribution is -0.139. The van der Waals surface area contributed by atoms with Crippen LogP contribution in [0.4, 0.5) is 5.69 Å². The van der Waals surface area contributed by atoms with Gasteiger partial charge in [-0.2, -0.15) is 0 Å². The van der Waals surface area contributed by atoms with Crippen molar-refractivity contribution in [2.45, 2.75) is 39.4 Å². The first-order chi connectivity index (χ1) is 15.3. The predicted octanol–water partition coefficient (Wildman–Crippen LogP) is 4.46. The van der Waals surface area contributed by atoms with E-state index in [-0.39, 0.29) is 18.5 Å². The summed E-state index contributed by atoms with van der Waals surface area (Å²) in [6.07, 6.45) is 1.02. The molecule has 0 radical (unpaired) electrons. The van der Waals surface area contributed by atoms with Gasteiger partial charge in [-0.15, -0.1) is 0 Å². The highest BCUT2D eigenvalue weighted by Gasteiger charge is 2.31. The van der Waals surface area contributed by atoms with Crippen LogP contribution < -0.4 is 9.62 Å². The summed E-state index contributed by atoms with van der Waals surface area (Å²) >= 11 is 16.0. The van der Waals surface area contributed by atoms with Gasteiger partial charge in [-0.05, 0) is 61.0 Å². The van der Waals surface area contributed by atoms with Gasteiger partial charge in [-0.25, -0.2) is 8.42 Å². The van der Waals surface area contributed by atoms with Crippen molar-refractivity contribution in [3.8, 4) is 0 Å². The van der Waals surface area contributed by atoms with E-state index in [4.69, 9.17) is 23.2 Å². The van der Waals surface area contributed by atoms with Crippen molar-refractivity contribution in [2.24, 2.45) is 0 Å². The summed E-state index contributed by atoms with van der Waals surface area (Å²) < 4.78 is 26.6. The molecule has 33 heavy (non-hydrogen) atoms. The van der Waals surface area contributed by atoms with E-state index in [1.165, 1.54) is 4.90 Å². The van der Waals surface area contributed by atoms with Crippen molar-refractivity contribution in [2.75, 3.05) is 17.1 Å². The first kappa shape index (κ1) is 27.4. The molecular weight excluding hydrogens is 553 g/mol. The van der Waals surface area contributed by atoms with E-state index in [0.29, 0.717) is 25.8 Å². The van der Waals surface area contributed by atoms with Crippen LogP contribution >= 0.6 is 39.1 Å². The van der Waals surface area contributed by atoms with Crippen LogP contribution in [0.1, 0.15) is 26.3 Å². The monoisotopic (exact) mass is 577 g/mol. The predicted molar refractivity (Wildman–Crippen MR) is 136 cm³/mol. The zero-order chi connectivity index (χ0) is 24.9. The van der Waals surface area contributed by atoms with E-state index >= 15 is 0 Å². The van der Waals surface area contributed by atoms with Gasteiger partial charge < -0.3 is 10.2 Å². The molecule has 1 atom stereocenters. The zero-order valence-corrected chi connectivity index (χ0v) is 22.6. The maximum Gasteiger partial charge on any atom is 0.244 e. The molecule has 0 aliphatic heterocycles. The molecule has 0 unspecified atom stereocenters. The highest BCUT2D eigenvalue weighted by Crippen LogP contribution is 2.29. The average Bonchev–Trinajstić information content (AvgIpc) is 2.70. The molecular formula is C22H26BrCl2N3O4S. The number of hydrogen-bond acceptors (Lipinski definition) is 4. The van der Waals surface area contributed by atoms with Gasteiger partial charge in [-0.3, -0.25) is 13.9 Å². The van der Waals surface area contributed by atoms with Crippen LogP contribution in [0.3, 0.4) is 0 Å². The molecule has 2 aromatic rings. The SMILES string of the molecule is CC(C)NC(=O)[C@H](C)N(Cc1c(Cl)cccc1Cl)C(=O)CN(c1ccccc1Br)S(C)(=O)=O. The number of nitrogens with zero attached hydrogens (tertiary/aromatic N) is 2. The third kappa shape index (κ3) is 7.34. The molecule has 2 amide bonds. The third-order valence-corrected chi connectivity index (χ3v) is 7.29. The van der Waals surface area contributed by atoms with Gasteiger partial charge in [0, 0.05) is 32.7 Å². The molecule has 0 aliphatic rings. The van der Waals surface area contributed by atoms with Crippen molar-refractivity contribution in [1.82, 2.24) is 10.2 Å². The second kappa shape index (κ2) is 11.6. The van der Waals surface area contributed by atoms with Crippen LogP contribution in [0, 0.1) is 0 Å². The molecule has 0 fully saturated rings. The third-order valence-electron chi connectivity index (χ3n) is 4.79. The minimum atomic E-state index is -3.82. The van der Waals surface area contributed by atoms with Crippen LogP contribution in [-0.4, -0.2) is 50.0 Å². The summed E-state index contributed by atoms with van der Waals surface area (Å²) in [5.74, 6) is -0.966. The fourth-order valence-corrected chi connectivity index (χ4v) is 5.08. The minimum absolute atomic E-state index is 0.0718. The Morgan fingerprint density at radius 3 is 2.12 bits per heavy atom. The normalized spacial score (nSPS) is 12.4. The Morgan fingerprint density at radius 1 is 1.03 bits per heavy atom. The van der Waals surface area contributed by atoms with E-state index in [0.717, 1.165) is 10.6 Å². The lowest BCUT2D eigenvalue weighted by atomic mass is 10.1. The zero-order valence-electron chi connectivity index (χ0n) is 18.7. The van der Waals surface area contributed by atoms with Gasteiger partial charge in [-0.1, -0.05) is 41.4 Å². The Hall–Kier alpha value is -1.81. The Kier molecular flexibility index (Phi) is 9.60. The number of benzene rings is 2. The number of anilines is 1. The van der Waals surface area contributed by atoms with Gasteiger partial charge in [0.25, 0.3) is 0 Å². The van der Waals surface area contributed by atoms with Crippen molar-refractivity contribution in [3.63, 3.8) is 0 Å². The second-order valence-electron chi connectivity index (χ2n) is 7.78. The summed E-state index contributed by atoms with van der Waals surface area (Å²) in [6.45, 7) is 4.60. The fraction of sp³-hybridized carbons (Fsp3) is 0.364. The maximum absolute atomic E-state index is 13.5. The van der Waals surface area contributed by atoms with E-state index in [9.17, 15) is 18.0 Å². The van der Waals surface area contributed by atoms with Crippen LogP contribution in [0.25, 0.3) is 0 Å². The van der Waals surface area contributed by atoms with E-state index in [1.54, 1.807) is 63.2 Å². The summed E-state index contributed by atoms with van der Waals surface area (Å²) in [5.41, 5.74) is 0.772. The highest BCUT2D eigenvalue weighted by molar-refractivity contribution is 9.10. The van der Waals surface area contributed by atoms with Crippen molar-refractivity contribution >= 4 is 66.7 Å². The molecule has 0 saturated heterocycles. The standard InChI is InChI=1S/C22H26BrCl2N3O4S/c1-14(2)26-22(30)15(3)27(12-16-18(24)9-7-10-19(16)25)21(29)13-28(33(4,31)32)20-11-6-5-8-17(20)23/h5-11,14-15H,12-13H2,1-4H3,(H,26,30)/t15-/m0/s1. The van der Waals surface area contributed by atoms with Crippen LogP contribution in [0.15, 0.2) is 46.9 Å². The summed E-state index contributed by atoms with van der Waals surface area (Å²) in [7, 11) is -3.82. The smallest absolute Gasteiger partial charge is 0.244 e. The molecule has 0 saturated carbocycles. The Morgan fingerprint density at radius 2 is 1.61 bits per heavy atom. The van der Waals surface area contributed by atoms with Crippen molar-refractivity contribution < 1.29 is 18.0 Å². The first-order valence-corrected chi connectivity index (χ1v) is 13.5. The van der Waals surface area contributed by atoms with Crippen molar-refractivity contribution in [1.29, 1.82) is 0 Å². The molecule has 2 aromatic carbocycles. The largest absolute Gasteiger partial charge is 0.352 e. The number of hydrogen-bond donors (Lipinski definition) is 1. The summed E-state index contributed by atoms with van der Waals surface area (Å²) in [4.78, 5) is 27.5. The fourth-order valence-electron chi connectivity index (χ4n) is 3.09. The number of sulfonamides is 1. The number of amides is 2. The van der Waals surface area contributed by atoms with Gasteiger partial charge in [0.05, 0.1) is 11.9 Å². The summed E-state index contributed by atoms with van der Waals surface area (Å²) in [5, 5.41) is 3.45. The molecule has 2 rings (SSSR count). The van der Waals surface area contributed by atoms with Gasteiger partial charge in [0.2, 0.25) is 21.8 Å². The molecule has 7 nitrogen and oxygen atoms in total. The Bertz CT molecular complexity index is 1110. The second-order valence-corrected chi connectivity index (χ2v) is 11.4. The molecule has 180 valence electrons. The van der Waals surface area contributed by atoms with Crippen LogP contribution in [0.2, 0.25) is 10.0 Å². The van der Waals surface area contributed by atoms with E-state index in [2.05, 4.69) is 21.2 Å².